The Labute approximate surface area is 152 Å². The first-order chi connectivity index (χ1) is 11.6. The minimum atomic E-state index is 0.383. The molecule has 1 aliphatic carbocycles. The number of piperidine rings is 1. The van der Waals surface area contributed by atoms with E-state index >= 15 is 0 Å². The van der Waals surface area contributed by atoms with Gasteiger partial charge in [-0.2, -0.15) is 11.8 Å². The van der Waals surface area contributed by atoms with Gasteiger partial charge in [0.2, 0.25) is 0 Å². The lowest BCUT2D eigenvalue weighted by molar-refractivity contribution is 0.250. The summed E-state index contributed by atoms with van der Waals surface area (Å²) in [5.41, 5.74) is 1.20. The molecule has 3 rings (SSSR count). The molecule has 3 atom stereocenters. The van der Waals surface area contributed by atoms with Crippen molar-refractivity contribution in [3.8, 4) is 5.75 Å². The molecule has 1 saturated carbocycles. The SMILES string of the molecule is CC1CCN(c2cccc(O)c2)C(CCSC2CCCCC2)C1C. The fraction of sp³-hybridized carbons (Fsp3) is 0.714. The minimum absolute atomic E-state index is 0.383. The molecule has 1 heterocycles. The number of anilines is 1. The van der Waals surface area contributed by atoms with Gasteiger partial charge in [0.1, 0.15) is 5.75 Å². The van der Waals surface area contributed by atoms with Crippen LogP contribution >= 0.6 is 11.8 Å². The second kappa shape index (κ2) is 8.51. The number of phenolic OH excluding ortho intramolecular Hbond substituents is 1. The molecule has 1 aromatic rings. The molecule has 134 valence electrons. The van der Waals surface area contributed by atoms with Crippen LogP contribution in [0.25, 0.3) is 0 Å². The number of hydrogen-bond donors (Lipinski definition) is 1. The normalized spacial score (nSPS) is 28.9. The molecule has 1 aromatic carbocycles. The third kappa shape index (κ3) is 4.41. The highest BCUT2D eigenvalue weighted by molar-refractivity contribution is 7.99. The Bertz CT molecular complexity index is 514. The molecule has 1 saturated heterocycles. The summed E-state index contributed by atoms with van der Waals surface area (Å²) in [5.74, 6) is 3.17. The fourth-order valence-corrected chi connectivity index (χ4v) is 5.81. The van der Waals surface area contributed by atoms with Crippen LogP contribution in [-0.2, 0) is 0 Å². The molecule has 1 N–H and O–H groups in total. The van der Waals surface area contributed by atoms with Gasteiger partial charge in [0.25, 0.3) is 0 Å². The van der Waals surface area contributed by atoms with E-state index in [4.69, 9.17) is 0 Å². The van der Waals surface area contributed by atoms with Crippen LogP contribution in [-0.4, -0.2) is 28.7 Å². The molecule has 3 heteroatoms. The van der Waals surface area contributed by atoms with E-state index in [0.717, 1.165) is 17.7 Å². The van der Waals surface area contributed by atoms with Crippen LogP contribution in [0.2, 0.25) is 0 Å². The van der Waals surface area contributed by atoms with Crippen molar-refractivity contribution < 1.29 is 5.11 Å². The number of aromatic hydroxyl groups is 1. The molecule has 0 bridgehead atoms. The van der Waals surface area contributed by atoms with Crippen LogP contribution in [0, 0.1) is 11.8 Å². The fourth-order valence-electron chi connectivity index (χ4n) is 4.43. The van der Waals surface area contributed by atoms with Crippen LogP contribution in [0.15, 0.2) is 24.3 Å². The maximum atomic E-state index is 9.86. The second-order valence-corrected chi connectivity index (χ2v) is 9.23. The lowest BCUT2D eigenvalue weighted by Gasteiger charge is -2.45. The van der Waals surface area contributed by atoms with Crippen molar-refractivity contribution in [2.45, 2.75) is 70.1 Å². The highest BCUT2D eigenvalue weighted by atomic mass is 32.2. The zero-order valence-electron chi connectivity index (χ0n) is 15.3. The van der Waals surface area contributed by atoms with E-state index in [9.17, 15) is 5.11 Å². The first-order valence-corrected chi connectivity index (χ1v) is 10.9. The van der Waals surface area contributed by atoms with E-state index in [2.05, 4.69) is 36.6 Å². The Morgan fingerprint density at radius 3 is 2.67 bits per heavy atom. The summed E-state index contributed by atoms with van der Waals surface area (Å²) < 4.78 is 0. The number of benzene rings is 1. The summed E-state index contributed by atoms with van der Waals surface area (Å²) in [6, 6.07) is 8.44. The van der Waals surface area contributed by atoms with E-state index in [0.29, 0.717) is 17.7 Å². The number of hydrogen-bond acceptors (Lipinski definition) is 3. The number of phenols is 1. The first kappa shape index (κ1) is 18.0. The third-order valence-electron chi connectivity index (χ3n) is 6.21. The highest BCUT2D eigenvalue weighted by Crippen LogP contribution is 2.36. The van der Waals surface area contributed by atoms with Crippen molar-refractivity contribution in [2.24, 2.45) is 11.8 Å². The highest BCUT2D eigenvalue weighted by Gasteiger charge is 2.33. The molecule has 0 spiro atoms. The molecule has 0 radical (unpaired) electrons. The van der Waals surface area contributed by atoms with Crippen molar-refractivity contribution >= 4 is 17.4 Å². The van der Waals surface area contributed by atoms with Gasteiger partial charge in [-0.25, -0.2) is 0 Å². The molecular weight excluding hydrogens is 314 g/mol. The molecule has 2 nitrogen and oxygen atoms in total. The van der Waals surface area contributed by atoms with E-state index in [1.165, 1.54) is 56.4 Å². The predicted octanol–water partition coefficient (Wildman–Crippen LogP) is 5.70. The summed E-state index contributed by atoms with van der Waals surface area (Å²) in [7, 11) is 0. The molecule has 1 aliphatic heterocycles. The zero-order valence-corrected chi connectivity index (χ0v) is 16.1. The minimum Gasteiger partial charge on any atom is -0.508 e. The molecule has 2 aliphatic rings. The maximum absolute atomic E-state index is 9.86. The van der Waals surface area contributed by atoms with Gasteiger partial charge in [-0.15, -0.1) is 0 Å². The van der Waals surface area contributed by atoms with Gasteiger partial charge in [-0.05, 0) is 55.4 Å². The molecule has 0 amide bonds. The number of nitrogens with zero attached hydrogens (tertiary/aromatic N) is 1. The van der Waals surface area contributed by atoms with Gasteiger partial charge >= 0.3 is 0 Å². The quantitative estimate of drug-likeness (QED) is 0.739. The molecule has 0 aromatic heterocycles. The van der Waals surface area contributed by atoms with Crippen LogP contribution in [0.1, 0.15) is 58.8 Å². The monoisotopic (exact) mass is 347 g/mol. The summed E-state index contributed by atoms with van der Waals surface area (Å²) in [5, 5.41) is 10.8. The molecule has 2 fully saturated rings. The summed E-state index contributed by atoms with van der Waals surface area (Å²) in [4.78, 5) is 2.56. The van der Waals surface area contributed by atoms with E-state index in [-0.39, 0.29) is 0 Å². The second-order valence-electron chi connectivity index (χ2n) is 7.83. The maximum Gasteiger partial charge on any atom is 0.117 e. The Morgan fingerprint density at radius 1 is 1.12 bits per heavy atom. The van der Waals surface area contributed by atoms with Crippen molar-refractivity contribution in [2.75, 3.05) is 17.2 Å². The van der Waals surface area contributed by atoms with Crippen LogP contribution < -0.4 is 4.90 Å². The molecule has 3 unspecified atom stereocenters. The van der Waals surface area contributed by atoms with E-state index in [1.54, 1.807) is 6.07 Å². The van der Waals surface area contributed by atoms with E-state index in [1.807, 2.05) is 12.1 Å². The van der Waals surface area contributed by atoms with Crippen LogP contribution in [0.4, 0.5) is 5.69 Å². The average Bonchev–Trinajstić information content (AvgIpc) is 2.60. The third-order valence-corrected chi connectivity index (χ3v) is 7.63. The van der Waals surface area contributed by atoms with Crippen molar-refractivity contribution in [3.63, 3.8) is 0 Å². The standard InChI is InChI=1S/C21H33NOS/c1-16-11-13-22(18-7-6-8-19(23)15-18)21(17(16)2)12-14-24-20-9-4-3-5-10-20/h6-8,15-17,20-21,23H,3-5,9-14H2,1-2H3. The van der Waals surface area contributed by atoms with Gasteiger partial charge in [-0.3, -0.25) is 0 Å². The summed E-state index contributed by atoms with van der Waals surface area (Å²) in [6.07, 6.45) is 9.69. The van der Waals surface area contributed by atoms with Gasteiger partial charge in [0.15, 0.2) is 0 Å². The first-order valence-electron chi connectivity index (χ1n) is 9.82. The average molecular weight is 348 g/mol. The largest absolute Gasteiger partial charge is 0.508 e. The van der Waals surface area contributed by atoms with Crippen LogP contribution in [0.3, 0.4) is 0 Å². The number of thioether (sulfide) groups is 1. The topological polar surface area (TPSA) is 23.5 Å². The van der Waals surface area contributed by atoms with Gasteiger partial charge in [0.05, 0.1) is 0 Å². The Balaban J connectivity index is 1.63. The zero-order chi connectivity index (χ0) is 16.9. The van der Waals surface area contributed by atoms with Crippen molar-refractivity contribution in [1.82, 2.24) is 0 Å². The number of rotatable bonds is 5. The summed E-state index contributed by atoms with van der Waals surface area (Å²) in [6.45, 7) is 5.95. The lowest BCUT2D eigenvalue weighted by atomic mass is 9.80. The van der Waals surface area contributed by atoms with Gasteiger partial charge in [0, 0.05) is 29.6 Å². The Kier molecular flexibility index (Phi) is 6.37. The Hall–Kier alpha value is -0.830. The lowest BCUT2D eigenvalue weighted by Crippen LogP contribution is -2.48. The van der Waals surface area contributed by atoms with Gasteiger partial charge < -0.3 is 10.0 Å². The van der Waals surface area contributed by atoms with Crippen LogP contribution in [0.5, 0.6) is 5.75 Å². The predicted molar refractivity (Wildman–Crippen MR) is 106 cm³/mol. The Morgan fingerprint density at radius 2 is 1.92 bits per heavy atom. The summed E-state index contributed by atoms with van der Waals surface area (Å²) >= 11 is 2.22. The van der Waals surface area contributed by atoms with E-state index < -0.39 is 0 Å². The van der Waals surface area contributed by atoms with Gasteiger partial charge in [-0.1, -0.05) is 39.2 Å². The molecular formula is C21H33NOS. The smallest absolute Gasteiger partial charge is 0.117 e. The van der Waals surface area contributed by atoms with Crippen molar-refractivity contribution in [1.29, 1.82) is 0 Å². The van der Waals surface area contributed by atoms with Crippen molar-refractivity contribution in [3.05, 3.63) is 24.3 Å². The molecule has 24 heavy (non-hydrogen) atoms.